The van der Waals surface area contributed by atoms with E-state index in [4.69, 9.17) is 4.74 Å². The molecule has 0 radical (unpaired) electrons. The van der Waals surface area contributed by atoms with E-state index in [2.05, 4.69) is 53.5 Å². The summed E-state index contributed by atoms with van der Waals surface area (Å²) in [6.07, 6.45) is 2.36. The van der Waals surface area contributed by atoms with Crippen molar-refractivity contribution in [2.75, 3.05) is 38.6 Å². The van der Waals surface area contributed by atoms with Crippen molar-refractivity contribution in [1.82, 2.24) is 15.5 Å². The van der Waals surface area contributed by atoms with Gasteiger partial charge in [0.15, 0.2) is 5.96 Å². The van der Waals surface area contributed by atoms with Gasteiger partial charge in [0.05, 0.1) is 6.54 Å². The SMILES string of the molecule is CN=C(NCCCN(C(C)C)C(C)C)NCCOc1ccc2c(c1)CCC(=O)N2. The van der Waals surface area contributed by atoms with Crippen LogP contribution in [0.4, 0.5) is 5.69 Å². The smallest absolute Gasteiger partial charge is 0.224 e. The lowest BCUT2D eigenvalue weighted by Gasteiger charge is -2.30. The minimum Gasteiger partial charge on any atom is -0.492 e. The average molecular weight is 404 g/mol. The normalized spacial score (nSPS) is 14.2. The van der Waals surface area contributed by atoms with Crippen LogP contribution in [-0.4, -0.2) is 62.1 Å². The van der Waals surface area contributed by atoms with Gasteiger partial charge in [-0.25, -0.2) is 0 Å². The predicted molar refractivity (Wildman–Crippen MR) is 120 cm³/mol. The van der Waals surface area contributed by atoms with E-state index >= 15 is 0 Å². The third kappa shape index (κ3) is 7.57. The standard InChI is InChI=1S/C22H37N5O2/c1-16(2)27(17(3)4)13-6-11-24-22(23-5)25-12-14-29-19-8-9-20-18(15-19)7-10-21(28)26-20/h8-9,15-17H,6-7,10-14H2,1-5H3,(H,26,28)(H2,23,24,25). The molecule has 0 saturated carbocycles. The zero-order valence-electron chi connectivity index (χ0n) is 18.5. The molecule has 0 atom stereocenters. The number of guanidine groups is 1. The molecule has 29 heavy (non-hydrogen) atoms. The third-order valence-electron chi connectivity index (χ3n) is 5.07. The fourth-order valence-corrected chi connectivity index (χ4v) is 3.59. The topological polar surface area (TPSA) is 78.0 Å². The molecule has 1 heterocycles. The van der Waals surface area contributed by atoms with Crippen LogP contribution in [0.5, 0.6) is 5.75 Å². The fourth-order valence-electron chi connectivity index (χ4n) is 3.59. The van der Waals surface area contributed by atoms with E-state index < -0.39 is 0 Å². The zero-order valence-corrected chi connectivity index (χ0v) is 18.5. The Bertz CT molecular complexity index is 680. The highest BCUT2D eigenvalue weighted by Crippen LogP contribution is 2.26. The lowest BCUT2D eigenvalue weighted by Crippen LogP contribution is -2.42. The molecule has 2 rings (SSSR count). The maximum absolute atomic E-state index is 11.4. The summed E-state index contributed by atoms with van der Waals surface area (Å²) in [7, 11) is 1.78. The van der Waals surface area contributed by atoms with E-state index in [1.54, 1.807) is 7.05 Å². The van der Waals surface area contributed by atoms with Gasteiger partial charge in [-0.05, 0) is 64.3 Å². The van der Waals surface area contributed by atoms with Gasteiger partial charge < -0.3 is 20.7 Å². The molecule has 1 aromatic carbocycles. The number of rotatable bonds is 10. The number of hydrogen-bond donors (Lipinski definition) is 3. The number of amides is 1. The number of carbonyl (C=O) groups is 1. The molecular weight excluding hydrogens is 366 g/mol. The number of ether oxygens (including phenoxy) is 1. The zero-order chi connectivity index (χ0) is 21.2. The summed E-state index contributed by atoms with van der Waals surface area (Å²) in [5, 5.41) is 9.53. The molecule has 0 spiro atoms. The summed E-state index contributed by atoms with van der Waals surface area (Å²) in [5.74, 6) is 1.70. The molecule has 7 nitrogen and oxygen atoms in total. The number of carbonyl (C=O) groups excluding carboxylic acids is 1. The molecule has 1 aliphatic heterocycles. The molecule has 162 valence electrons. The van der Waals surface area contributed by atoms with Crippen molar-refractivity contribution in [3.63, 3.8) is 0 Å². The van der Waals surface area contributed by atoms with E-state index in [-0.39, 0.29) is 5.91 Å². The van der Waals surface area contributed by atoms with Gasteiger partial charge in [-0.3, -0.25) is 14.7 Å². The van der Waals surface area contributed by atoms with Crippen molar-refractivity contribution in [2.45, 2.75) is 59.0 Å². The monoisotopic (exact) mass is 403 g/mol. The number of benzene rings is 1. The molecule has 7 heteroatoms. The van der Waals surface area contributed by atoms with Crippen LogP contribution in [0.2, 0.25) is 0 Å². The molecule has 1 aliphatic rings. The summed E-state index contributed by atoms with van der Waals surface area (Å²) in [4.78, 5) is 18.2. The second-order valence-electron chi connectivity index (χ2n) is 7.92. The fraction of sp³-hybridized carbons (Fsp3) is 0.636. The Labute approximate surface area is 175 Å². The van der Waals surface area contributed by atoms with E-state index in [9.17, 15) is 4.79 Å². The van der Waals surface area contributed by atoms with Gasteiger partial charge in [-0.1, -0.05) is 0 Å². The minimum atomic E-state index is 0.0790. The molecule has 0 saturated heterocycles. The van der Waals surface area contributed by atoms with Crippen molar-refractivity contribution in [2.24, 2.45) is 4.99 Å². The molecule has 0 fully saturated rings. The van der Waals surface area contributed by atoms with Crippen LogP contribution in [0.25, 0.3) is 0 Å². The van der Waals surface area contributed by atoms with E-state index in [1.807, 2.05) is 18.2 Å². The van der Waals surface area contributed by atoms with Crippen LogP contribution < -0.4 is 20.7 Å². The maximum Gasteiger partial charge on any atom is 0.224 e. The lowest BCUT2D eigenvalue weighted by atomic mass is 10.0. The van der Waals surface area contributed by atoms with Gasteiger partial charge in [0.1, 0.15) is 12.4 Å². The Morgan fingerprint density at radius 3 is 2.59 bits per heavy atom. The summed E-state index contributed by atoms with van der Waals surface area (Å²) in [6, 6.07) is 6.94. The number of fused-ring (bicyclic) bond motifs is 1. The molecule has 1 aromatic rings. The first-order valence-corrected chi connectivity index (χ1v) is 10.7. The first-order valence-electron chi connectivity index (χ1n) is 10.7. The molecule has 0 bridgehead atoms. The number of anilines is 1. The Morgan fingerprint density at radius 1 is 1.17 bits per heavy atom. The van der Waals surface area contributed by atoms with Crippen molar-refractivity contribution in [3.8, 4) is 5.75 Å². The molecule has 1 amide bonds. The highest BCUT2D eigenvalue weighted by atomic mass is 16.5. The number of nitrogens with one attached hydrogen (secondary N) is 3. The van der Waals surface area contributed by atoms with Crippen LogP contribution in [0.1, 0.15) is 46.1 Å². The lowest BCUT2D eigenvalue weighted by molar-refractivity contribution is -0.116. The van der Waals surface area contributed by atoms with Gasteiger partial charge in [0.25, 0.3) is 0 Å². The Morgan fingerprint density at radius 2 is 1.90 bits per heavy atom. The molecule has 0 unspecified atom stereocenters. The van der Waals surface area contributed by atoms with E-state index in [0.717, 1.165) is 48.9 Å². The van der Waals surface area contributed by atoms with Crippen molar-refractivity contribution < 1.29 is 9.53 Å². The van der Waals surface area contributed by atoms with Crippen molar-refractivity contribution >= 4 is 17.6 Å². The van der Waals surface area contributed by atoms with Gasteiger partial charge in [-0.2, -0.15) is 0 Å². The third-order valence-corrected chi connectivity index (χ3v) is 5.07. The predicted octanol–water partition coefficient (Wildman–Crippen LogP) is 2.62. The van der Waals surface area contributed by atoms with E-state index in [0.29, 0.717) is 31.7 Å². The number of nitrogens with zero attached hydrogens (tertiary/aromatic N) is 2. The van der Waals surface area contributed by atoms with Gasteiger partial charge in [0, 0.05) is 44.3 Å². The van der Waals surface area contributed by atoms with Crippen molar-refractivity contribution in [3.05, 3.63) is 23.8 Å². The number of aliphatic imine (C=N–C) groups is 1. The summed E-state index contributed by atoms with van der Waals surface area (Å²) in [6.45, 7) is 12.1. The Hall–Kier alpha value is -2.28. The average Bonchev–Trinajstić information content (AvgIpc) is 2.68. The molecule has 0 aromatic heterocycles. The van der Waals surface area contributed by atoms with E-state index in [1.165, 1.54) is 0 Å². The van der Waals surface area contributed by atoms with Crippen LogP contribution in [0, 0.1) is 0 Å². The minimum absolute atomic E-state index is 0.0790. The quantitative estimate of drug-likeness (QED) is 0.318. The first kappa shape index (κ1) is 23.0. The summed E-state index contributed by atoms with van der Waals surface area (Å²) < 4.78 is 5.84. The second kappa shape index (κ2) is 11.7. The van der Waals surface area contributed by atoms with Crippen LogP contribution in [0.15, 0.2) is 23.2 Å². The molecule has 0 aliphatic carbocycles. The Balaban J connectivity index is 1.65. The van der Waals surface area contributed by atoms with Crippen molar-refractivity contribution in [1.29, 1.82) is 0 Å². The van der Waals surface area contributed by atoms with Crippen LogP contribution >= 0.6 is 0 Å². The largest absolute Gasteiger partial charge is 0.492 e. The van der Waals surface area contributed by atoms with Crippen LogP contribution in [-0.2, 0) is 11.2 Å². The highest BCUT2D eigenvalue weighted by Gasteiger charge is 2.15. The first-order chi connectivity index (χ1) is 13.9. The second-order valence-corrected chi connectivity index (χ2v) is 7.92. The van der Waals surface area contributed by atoms with Gasteiger partial charge in [-0.15, -0.1) is 0 Å². The summed E-state index contributed by atoms with van der Waals surface area (Å²) >= 11 is 0. The highest BCUT2D eigenvalue weighted by molar-refractivity contribution is 5.94. The maximum atomic E-state index is 11.4. The molecular formula is C22H37N5O2. The van der Waals surface area contributed by atoms with Crippen LogP contribution in [0.3, 0.4) is 0 Å². The molecule has 3 N–H and O–H groups in total. The van der Waals surface area contributed by atoms with Gasteiger partial charge in [0.2, 0.25) is 5.91 Å². The summed E-state index contributed by atoms with van der Waals surface area (Å²) in [5.41, 5.74) is 2.02. The number of aryl methyl sites for hydroxylation is 1. The Kier molecular flexibility index (Phi) is 9.25. The number of hydrogen-bond acceptors (Lipinski definition) is 4. The van der Waals surface area contributed by atoms with Gasteiger partial charge >= 0.3 is 0 Å².